The molecular weight excluding hydrogens is 372 g/mol. The van der Waals surface area contributed by atoms with Crippen LogP contribution in [-0.4, -0.2) is 78.5 Å². The molecule has 0 aliphatic heterocycles. The molecular formula is C24H56N6. The van der Waals surface area contributed by atoms with Gasteiger partial charge < -0.3 is 31.9 Å². The van der Waals surface area contributed by atoms with Crippen molar-refractivity contribution in [3.8, 4) is 0 Å². The Morgan fingerprint density at radius 3 is 1.33 bits per heavy atom. The van der Waals surface area contributed by atoms with Crippen molar-refractivity contribution in [3.05, 3.63) is 0 Å². The van der Waals surface area contributed by atoms with Gasteiger partial charge in [0.25, 0.3) is 0 Å². The summed E-state index contributed by atoms with van der Waals surface area (Å²) in [5.41, 5.74) is 0.569. The molecule has 0 fully saturated rings. The van der Waals surface area contributed by atoms with Crippen molar-refractivity contribution in [2.24, 2.45) is 22.7 Å². The van der Waals surface area contributed by atoms with E-state index in [2.05, 4.69) is 87.3 Å². The Morgan fingerprint density at radius 2 is 0.967 bits per heavy atom. The molecule has 0 bridgehead atoms. The van der Waals surface area contributed by atoms with Gasteiger partial charge in [0, 0.05) is 55.6 Å². The first-order chi connectivity index (χ1) is 13.8. The first-order valence-electron chi connectivity index (χ1n) is 12.0. The van der Waals surface area contributed by atoms with Gasteiger partial charge in [-0.2, -0.15) is 0 Å². The third-order valence-corrected chi connectivity index (χ3v) is 5.45. The van der Waals surface area contributed by atoms with E-state index in [1.807, 2.05) is 14.1 Å². The van der Waals surface area contributed by atoms with E-state index in [9.17, 15) is 0 Å². The van der Waals surface area contributed by atoms with Gasteiger partial charge in [-0.25, -0.2) is 0 Å². The van der Waals surface area contributed by atoms with Gasteiger partial charge in [0.1, 0.15) is 0 Å². The molecule has 0 aromatic rings. The van der Waals surface area contributed by atoms with Crippen LogP contribution in [0, 0.1) is 22.7 Å². The lowest BCUT2D eigenvalue weighted by atomic mass is 9.88. The molecule has 0 aromatic carbocycles. The number of hydrogen-bond donors (Lipinski definition) is 6. The summed E-state index contributed by atoms with van der Waals surface area (Å²) in [5.74, 6) is 1.29. The maximum Gasteiger partial charge on any atom is 0.00967 e. The maximum absolute atomic E-state index is 3.72. The van der Waals surface area contributed by atoms with Crippen LogP contribution in [0.1, 0.15) is 55.4 Å². The Morgan fingerprint density at radius 1 is 0.567 bits per heavy atom. The van der Waals surface area contributed by atoms with Crippen molar-refractivity contribution < 1.29 is 0 Å². The molecule has 3 unspecified atom stereocenters. The lowest BCUT2D eigenvalue weighted by Crippen LogP contribution is -2.51. The van der Waals surface area contributed by atoms with Crippen LogP contribution in [0.15, 0.2) is 0 Å². The van der Waals surface area contributed by atoms with Crippen molar-refractivity contribution in [2.75, 3.05) is 73.0 Å². The van der Waals surface area contributed by atoms with Crippen molar-refractivity contribution in [2.45, 2.75) is 60.9 Å². The lowest BCUT2D eigenvalue weighted by molar-refractivity contribution is 0.243. The zero-order valence-corrected chi connectivity index (χ0v) is 22.0. The minimum atomic E-state index is 0.149. The molecule has 0 aliphatic carbocycles. The van der Waals surface area contributed by atoms with E-state index in [1.165, 1.54) is 0 Å². The fraction of sp³-hybridized carbons (Fsp3) is 1.00. The van der Waals surface area contributed by atoms with Crippen molar-refractivity contribution in [1.29, 1.82) is 0 Å². The highest BCUT2D eigenvalue weighted by atomic mass is 15.0. The van der Waals surface area contributed by atoms with Crippen LogP contribution in [0.5, 0.6) is 0 Å². The molecule has 3 atom stereocenters. The molecule has 0 saturated carbocycles. The minimum absolute atomic E-state index is 0.149. The van der Waals surface area contributed by atoms with Crippen LogP contribution < -0.4 is 31.9 Å². The zero-order valence-electron chi connectivity index (χ0n) is 22.0. The van der Waals surface area contributed by atoms with Crippen molar-refractivity contribution >= 4 is 0 Å². The SMILES string of the molecule is CNCC(C)(CNCC(C)C)CNCC(C)CNCC(C)(CNC)CNC(C)(C)C. The van der Waals surface area contributed by atoms with E-state index < -0.39 is 0 Å². The highest BCUT2D eigenvalue weighted by Gasteiger charge is 2.26. The third kappa shape index (κ3) is 15.5. The molecule has 0 saturated heterocycles. The van der Waals surface area contributed by atoms with E-state index in [4.69, 9.17) is 0 Å². The van der Waals surface area contributed by atoms with Gasteiger partial charge in [-0.3, -0.25) is 0 Å². The van der Waals surface area contributed by atoms with Crippen LogP contribution >= 0.6 is 0 Å². The topological polar surface area (TPSA) is 72.2 Å². The lowest BCUT2D eigenvalue weighted by Gasteiger charge is -2.34. The summed E-state index contributed by atoms with van der Waals surface area (Å²) >= 11 is 0. The first kappa shape index (κ1) is 29.8. The molecule has 0 aromatic heterocycles. The average molecular weight is 429 g/mol. The number of nitrogens with one attached hydrogen (secondary N) is 6. The molecule has 6 N–H and O–H groups in total. The Balaban J connectivity index is 4.32. The fourth-order valence-corrected chi connectivity index (χ4v) is 3.68. The summed E-state index contributed by atoms with van der Waals surface area (Å²) in [6.45, 7) is 27.5. The highest BCUT2D eigenvalue weighted by Crippen LogP contribution is 2.15. The predicted molar refractivity (Wildman–Crippen MR) is 134 cm³/mol. The van der Waals surface area contributed by atoms with Gasteiger partial charge in [-0.1, -0.05) is 34.6 Å². The second kappa shape index (κ2) is 14.8. The Labute approximate surface area is 188 Å². The van der Waals surface area contributed by atoms with E-state index in [-0.39, 0.29) is 16.4 Å². The van der Waals surface area contributed by atoms with Gasteiger partial charge in [-0.15, -0.1) is 0 Å². The molecule has 0 radical (unpaired) electrons. The average Bonchev–Trinajstić information content (AvgIpc) is 2.59. The smallest absolute Gasteiger partial charge is 0.00967 e. The highest BCUT2D eigenvalue weighted by molar-refractivity contribution is 4.85. The Hall–Kier alpha value is -0.240. The monoisotopic (exact) mass is 428 g/mol. The molecule has 0 aliphatic rings. The van der Waals surface area contributed by atoms with E-state index in [1.54, 1.807) is 0 Å². The van der Waals surface area contributed by atoms with Crippen molar-refractivity contribution in [1.82, 2.24) is 31.9 Å². The normalized spacial score (nSPS) is 17.7. The van der Waals surface area contributed by atoms with E-state index in [0.717, 1.165) is 58.9 Å². The largest absolute Gasteiger partial charge is 0.319 e. The summed E-state index contributed by atoms with van der Waals surface area (Å²) in [7, 11) is 4.09. The Bertz CT molecular complexity index is 422. The van der Waals surface area contributed by atoms with Gasteiger partial charge >= 0.3 is 0 Å². The maximum atomic E-state index is 3.72. The summed E-state index contributed by atoms with van der Waals surface area (Å²) in [6.07, 6.45) is 0. The van der Waals surface area contributed by atoms with Crippen LogP contribution in [0.2, 0.25) is 0 Å². The second-order valence-corrected chi connectivity index (χ2v) is 11.7. The predicted octanol–water partition coefficient (Wildman–Crippen LogP) is 1.89. The van der Waals surface area contributed by atoms with Crippen LogP contribution in [0.25, 0.3) is 0 Å². The summed E-state index contributed by atoms with van der Waals surface area (Å²) < 4.78 is 0. The summed E-state index contributed by atoms with van der Waals surface area (Å²) in [5, 5.41) is 21.5. The summed E-state index contributed by atoms with van der Waals surface area (Å²) in [4.78, 5) is 0. The van der Waals surface area contributed by atoms with Gasteiger partial charge in [0.15, 0.2) is 0 Å². The van der Waals surface area contributed by atoms with Crippen molar-refractivity contribution in [3.63, 3.8) is 0 Å². The van der Waals surface area contributed by atoms with Gasteiger partial charge in [0.05, 0.1) is 0 Å². The minimum Gasteiger partial charge on any atom is -0.319 e. The third-order valence-electron chi connectivity index (χ3n) is 5.45. The van der Waals surface area contributed by atoms with E-state index in [0.29, 0.717) is 11.8 Å². The molecule has 182 valence electrons. The standard InChI is InChI=1S/C24H56N6/c1-20(2)11-27-16-23(7,14-25-9)17-28-12-21(3)13-29-18-24(8,15-26-10)19-30-22(4,5)6/h20-21,25-30H,11-19H2,1-10H3. The van der Waals surface area contributed by atoms with E-state index >= 15 is 0 Å². The number of hydrogen-bond acceptors (Lipinski definition) is 6. The molecule has 0 spiro atoms. The van der Waals surface area contributed by atoms with Crippen LogP contribution in [0.4, 0.5) is 0 Å². The second-order valence-electron chi connectivity index (χ2n) is 11.7. The first-order valence-corrected chi connectivity index (χ1v) is 12.0. The Kier molecular flexibility index (Phi) is 14.6. The molecule has 0 rings (SSSR count). The molecule has 6 nitrogen and oxygen atoms in total. The van der Waals surface area contributed by atoms with Gasteiger partial charge in [-0.05, 0) is 66.3 Å². The summed E-state index contributed by atoms with van der Waals surface area (Å²) in [6, 6.07) is 0. The molecule has 30 heavy (non-hydrogen) atoms. The quantitative estimate of drug-likeness (QED) is 0.200. The van der Waals surface area contributed by atoms with Crippen LogP contribution in [-0.2, 0) is 0 Å². The van der Waals surface area contributed by atoms with Crippen LogP contribution in [0.3, 0.4) is 0 Å². The molecule has 0 heterocycles. The van der Waals surface area contributed by atoms with Gasteiger partial charge in [0.2, 0.25) is 0 Å². The molecule has 0 amide bonds. The fourth-order valence-electron chi connectivity index (χ4n) is 3.68. The molecule has 6 heteroatoms. The number of rotatable bonds is 18. The zero-order chi connectivity index (χ0) is 23.3.